The van der Waals surface area contributed by atoms with Crippen molar-refractivity contribution in [3.63, 3.8) is 0 Å². The standard InChI is InChI=1S/C24H30ClNO4S/c1-24(2,3)15-7-12-18-19(14-15)31-22(21(18)23(28)29-4)26-20(27)6-5-13-30-17-10-8-16(25)9-11-17/h8-11,15H,5-7,12-14H2,1-4H3,(H,26,27). The molecule has 0 saturated carbocycles. The summed E-state index contributed by atoms with van der Waals surface area (Å²) in [6.07, 6.45) is 3.68. The number of esters is 1. The molecule has 1 N–H and O–H groups in total. The van der Waals surface area contributed by atoms with Crippen LogP contribution in [-0.2, 0) is 22.4 Å². The number of methoxy groups -OCH3 is 1. The predicted molar refractivity (Wildman–Crippen MR) is 125 cm³/mol. The lowest BCUT2D eigenvalue weighted by Crippen LogP contribution is -2.26. The first-order chi connectivity index (χ1) is 14.7. The zero-order valence-corrected chi connectivity index (χ0v) is 20.1. The first-order valence-electron chi connectivity index (χ1n) is 10.6. The number of carbonyl (C=O) groups is 2. The van der Waals surface area contributed by atoms with E-state index in [1.54, 1.807) is 24.3 Å². The van der Waals surface area contributed by atoms with Crippen molar-refractivity contribution in [1.29, 1.82) is 0 Å². The van der Waals surface area contributed by atoms with Gasteiger partial charge in [-0.3, -0.25) is 4.79 Å². The molecule has 0 spiro atoms. The number of fused-ring (bicyclic) bond motifs is 1. The molecule has 1 atom stereocenters. The van der Waals surface area contributed by atoms with Crippen molar-refractivity contribution >= 4 is 39.8 Å². The van der Waals surface area contributed by atoms with E-state index >= 15 is 0 Å². The van der Waals surface area contributed by atoms with Crippen LogP contribution in [0, 0.1) is 11.3 Å². The molecule has 0 saturated heterocycles. The molecule has 1 unspecified atom stereocenters. The maximum Gasteiger partial charge on any atom is 0.341 e. The zero-order chi connectivity index (χ0) is 22.6. The number of carbonyl (C=O) groups excluding carboxylic acids is 2. The Balaban J connectivity index is 1.62. The van der Waals surface area contributed by atoms with E-state index in [2.05, 4.69) is 26.1 Å². The molecule has 0 bridgehead atoms. The van der Waals surface area contributed by atoms with Crippen molar-refractivity contribution < 1.29 is 19.1 Å². The summed E-state index contributed by atoms with van der Waals surface area (Å²) in [5.41, 5.74) is 1.78. The first kappa shape index (κ1) is 23.6. The lowest BCUT2D eigenvalue weighted by molar-refractivity contribution is -0.116. The summed E-state index contributed by atoms with van der Waals surface area (Å²) < 4.78 is 10.7. The number of ether oxygens (including phenoxy) is 2. The van der Waals surface area contributed by atoms with E-state index in [0.717, 1.165) is 30.6 Å². The van der Waals surface area contributed by atoms with E-state index < -0.39 is 0 Å². The monoisotopic (exact) mass is 463 g/mol. The van der Waals surface area contributed by atoms with Crippen LogP contribution in [-0.4, -0.2) is 25.6 Å². The second-order valence-corrected chi connectivity index (χ2v) is 10.5. The Labute approximate surface area is 193 Å². The number of nitrogens with one attached hydrogen (secondary N) is 1. The van der Waals surface area contributed by atoms with Crippen LogP contribution >= 0.6 is 22.9 Å². The number of halogens is 1. The highest BCUT2D eigenvalue weighted by Gasteiger charge is 2.34. The Hall–Kier alpha value is -2.05. The predicted octanol–water partition coefficient (Wildman–Crippen LogP) is 6.14. The fourth-order valence-electron chi connectivity index (χ4n) is 3.87. The van der Waals surface area contributed by atoms with Gasteiger partial charge in [0.1, 0.15) is 10.8 Å². The Morgan fingerprint density at radius 1 is 1.23 bits per heavy atom. The van der Waals surface area contributed by atoms with Crippen LogP contribution in [0.2, 0.25) is 5.02 Å². The van der Waals surface area contributed by atoms with Gasteiger partial charge in [0.2, 0.25) is 5.91 Å². The van der Waals surface area contributed by atoms with E-state index in [-0.39, 0.29) is 17.3 Å². The van der Waals surface area contributed by atoms with Gasteiger partial charge in [0.15, 0.2) is 0 Å². The number of hydrogen-bond acceptors (Lipinski definition) is 5. The summed E-state index contributed by atoms with van der Waals surface area (Å²) >= 11 is 7.38. The molecule has 2 aromatic rings. The number of amides is 1. The van der Waals surface area contributed by atoms with Crippen LogP contribution < -0.4 is 10.1 Å². The van der Waals surface area contributed by atoms with Crippen molar-refractivity contribution in [2.75, 3.05) is 19.0 Å². The van der Waals surface area contributed by atoms with Crippen molar-refractivity contribution in [1.82, 2.24) is 0 Å². The third kappa shape index (κ3) is 6.01. The molecular weight excluding hydrogens is 434 g/mol. The van der Waals surface area contributed by atoms with Gasteiger partial charge < -0.3 is 14.8 Å². The number of benzene rings is 1. The third-order valence-electron chi connectivity index (χ3n) is 5.76. The van der Waals surface area contributed by atoms with Gasteiger partial charge in [-0.05, 0) is 66.8 Å². The van der Waals surface area contributed by atoms with Crippen molar-refractivity contribution in [3.8, 4) is 5.75 Å². The lowest BCUT2D eigenvalue weighted by atomic mass is 9.72. The highest BCUT2D eigenvalue weighted by molar-refractivity contribution is 7.17. The second kappa shape index (κ2) is 10.0. The van der Waals surface area contributed by atoms with Gasteiger partial charge in [0, 0.05) is 16.3 Å². The van der Waals surface area contributed by atoms with Gasteiger partial charge in [-0.15, -0.1) is 11.3 Å². The van der Waals surface area contributed by atoms with Crippen LogP contribution in [0.4, 0.5) is 5.00 Å². The minimum absolute atomic E-state index is 0.129. The smallest absolute Gasteiger partial charge is 0.341 e. The third-order valence-corrected chi connectivity index (χ3v) is 7.18. The van der Waals surface area contributed by atoms with Crippen molar-refractivity contribution in [2.45, 2.75) is 52.9 Å². The number of hydrogen-bond donors (Lipinski definition) is 1. The number of anilines is 1. The molecule has 1 aliphatic carbocycles. The molecule has 0 radical (unpaired) electrons. The topological polar surface area (TPSA) is 64.6 Å². The van der Waals surface area contributed by atoms with E-state index in [1.165, 1.54) is 23.3 Å². The molecule has 1 heterocycles. The van der Waals surface area contributed by atoms with E-state index in [4.69, 9.17) is 21.1 Å². The Morgan fingerprint density at radius 2 is 1.94 bits per heavy atom. The molecule has 168 valence electrons. The van der Waals surface area contributed by atoms with E-state index in [0.29, 0.717) is 41.0 Å². The highest BCUT2D eigenvalue weighted by Crippen LogP contribution is 2.44. The summed E-state index contributed by atoms with van der Waals surface area (Å²) in [5.74, 6) is 0.763. The normalized spacial score (nSPS) is 15.8. The number of rotatable bonds is 7. The molecule has 0 fully saturated rings. The summed E-state index contributed by atoms with van der Waals surface area (Å²) in [7, 11) is 1.38. The number of thiophene rings is 1. The fourth-order valence-corrected chi connectivity index (χ4v) is 5.33. The summed E-state index contributed by atoms with van der Waals surface area (Å²) in [4.78, 5) is 26.2. The molecule has 3 rings (SSSR count). The van der Waals surface area contributed by atoms with Crippen molar-refractivity contribution in [2.24, 2.45) is 11.3 Å². The molecule has 1 aliphatic rings. The zero-order valence-electron chi connectivity index (χ0n) is 18.5. The maximum absolute atomic E-state index is 12.5. The Kier molecular flexibility index (Phi) is 7.65. The van der Waals surface area contributed by atoms with Crippen LogP contribution in [0.1, 0.15) is 60.8 Å². The molecule has 1 aromatic carbocycles. The van der Waals surface area contributed by atoms with Crippen LogP contribution in [0.5, 0.6) is 5.75 Å². The Bertz CT molecular complexity index is 930. The van der Waals surface area contributed by atoms with E-state index in [1.807, 2.05) is 0 Å². The fraction of sp³-hybridized carbons (Fsp3) is 0.500. The molecule has 0 aliphatic heterocycles. The van der Waals surface area contributed by atoms with Gasteiger partial charge in [-0.2, -0.15) is 0 Å². The van der Waals surface area contributed by atoms with Gasteiger partial charge in [0.05, 0.1) is 19.3 Å². The van der Waals surface area contributed by atoms with E-state index in [9.17, 15) is 9.59 Å². The summed E-state index contributed by atoms with van der Waals surface area (Å²) in [6, 6.07) is 7.12. The van der Waals surface area contributed by atoms with Crippen LogP contribution in [0.25, 0.3) is 0 Å². The van der Waals surface area contributed by atoms with Gasteiger partial charge >= 0.3 is 5.97 Å². The molecule has 1 aromatic heterocycles. The average molecular weight is 464 g/mol. The summed E-state index contributed by atoms with van der Waals surface area (Å²) in [5, 5.41) is 4.21. The minimum Gasteiger partial charge on any atom is -0.494 e. The summed E-state index contributed by atoms with van der Waals surface area (Å²) in [6.45, 7) is 7.19. The quantitative estimate of drug-likeness (QED) is 0.395. The largest absolute Gasteiger partial charge is 0.494 e. The van der Waals surface area contributed by atoms with Gasteiger partial charge in [-0.1, -0.05) is 32.4 Å². The van der Waals surface area contributed by atoms with Gasteiger partial charge in [-0.25, -0.2) is 4.79 Å². The van der Waals surface area contributed by atoms with Crippen LogP contribution in [0.3, 0.4) is 0 Å². The highest BCUT2D eigenvalue weighted by atomic mass is 35.5. The lowest BCUT2D eigenvalue weighted by Gasteiger charge is -2.33. The average Bonchev–Trinajstić information content (AvgIpc) is 3.08. The molecule has 1 amide bonds. The second-order valence-electron chi connectivity index (χ2n) is 8.96. The molecule has 5 nitrogen and oxygen atoms in total. The van der Waals surface area contributed by atoms with Crippen LogP contribution in [0.15, 0.2) is 24.3 Å². The van der Waals surface area contributed by atoms with Crippen molar-refractivity contribution in [3.05, 3.63) is 45.3 Å². The molecular formula is C24H30ClNO4S. The maximum atomic E-state index is 12.5. The SMILES string of the molecule is COC(=O)c1c(NC(=O)CCCOc2ccc(Cl)cc2)sc2c1CCC(C(C)(C)C)C2. The minimum atomic E-state index is -0.381. The Morgan fingerprint density at radius 3 is 2.58 bits per heavy atom. The molecule has 31 heavy (non-hydrogen) atoms. The first-order valence-corrected chi connectivity index (χ1v) is 11.8. The molecule has 7 heteroatoms. The van der Waals surface area contributed by atoms with Gasteiger partial charge in [0.25, 0.3) is 0 Å².